The molecule has 6 nitrogen and oxygen atoms in total. The molecule has 0 spiro atoms. The first-order valence-corrected chi connectivity index (χ1v) is 11.9. The van der Waals surface area contributed by atoms with E-state index in [0.29, 0.717) is 18.3 Å². The number of halogens is 1. The minimum absolute atomic E-state index is 0. The van der Waals surface area contributed by atoms with Crippen LogP contribution in [-0.2, 0) is 16.4 Å². The van der Waals surface area contributed by atoms with Crippen molar-refractivity contribution in [3.05, 3.63) is 35.9 Å². The normalized spacial score (nSPS) is 24.7. The van der Waals surface area contributed by atoms with Gasteiger partial charge in [0.2, 0.25) is 0 Å². The van der Waals surface area contributed by atoms with Gasteiger partial charge in [-0.1, -0.05) is 30.3 Å². The third-order valence-electron chi connectivity index (χ3n) is 5.41. The number of hydrogen-bond donors (Lipinski definition) is 2. The maximum Gasteiger partial charge on any atom is 0.191 e. The van der Waals surface area contributed by atoms with Crippen molar-refractivity contribution < 1.29 is 8.42 Å². The molecule has 158 valence electrons. The summed E-state index contributed by atoms with van der Waals surface area (Å²) >= 11 is 0. The standard InChI is InChI=1S/C20H32N4O2S.HI/c1-2-21-20(22-13-18-10-12-27(25,26)16-18)23-14-19-9-6-11-24(19)15-17-7-4-3-5-8-17;/h3-5,7-8,18-19H,2,6,9-16H2,1H3,(H2,21,22,23);1H. The molecule has 2 atom stereocenters. The summed E-state index contributed by atoms with van der Waals surface area (Å²) in [6.45, 7) is 6.41. The van der Waals surface area contributed by atoms with Gasteiger partial charge in [-0.05, 0) is 44.2 Å². The lowest BCUT2D eigenvalue weighted by molar-refractivity contribution is 0.245. The molecular formula is C20H33IN4O2S. The van der Waals surface area contributed by atoms with Crippen LogP contribution in [0.1, 0.15) is 31.7 Å². The Kier molecular flexibility index (Phi) is 9.49. The van der Waals surface area contributed by atoms with Crippen LogP contribution in [0.25, 0.3) is 0 Å². The highest BCUT2D eigenvalue weighted by molar-refractivity contribution is 14.0. The Morgan fingerprint density at radius 2 is 2.00 bits per heavy atom. The lowest BCUT2D eigenvalue weighted by Gasteiger charge is -2.25. The Balaban J connectivity index is 0.00000280. The van der Waals surface area contributed by atoms with Gasteiger partial charge in [-0.3, -0.25) is 9.89 Å². The van der Waals surface area contributed by atoms with Crippen LogP contribution in [0.3, 0.4) is 0 Å². The summed E-state index contributed by atoms with van der Waals surface area (Å²) in [4.78, 5) is 7.18. The van der Waals surface area contributed by atoms with Crippen molar-refractivity contribution in [2.24, 2.45) is 10.9 Å². The van der Waals surface area contributed by atoms with Gasteiger partial charge in [0.15, 0.2) is 15.8 Å². The van der Waals surface area contributed by atoms with E-state index >= 15 is 0 Å². The van der Waals surface area contributed by atoms with Crippen LogP contribution >= 0.6 is 24.0 Å². The highest BCUT2D eigenvalue weighted by Gasteiger charge is 2.28. The summed E-state index contributed by atoms with van der Waals surface area (Å²) in [6.07, 6.45) is 3.16. The summed E-state index contributed by atoms with van der Waals surface area (Å²) in [5.74, 6) is 1.55. The van der Waals surface area contributed by atoms with Crippen LogP contribution in [0.5, 0.6) is 0 Å². The molecule has 2 saturated heterocycles. The first kappa shape index (κ1) is 23.4. The van der Waals surface area contributed by atoms with E-state index in [0.717, 1.165) is 38.6 Å². The predicted molar refractivity (Wildman–Crippen MR) is 126 cm³/mol. The number of guanidine groups is 1. The number of benzene rings is 1. The Morgan fingerprint density at radius 3 is 2.68 bits per heavy atom. The van der Waals surface area contributed by atoms with Crippen molar-refractivity contribution in [2.75, 3.05) is 37.7 Å². The quantitative estimate of drug-likeness (QED) is 0.328. The molecule has 3 rings (SSSR count). The molecule has 0 aliphatic carbocycles. The van der Waals surface area contributed by atoms with E-state index in [1.807, 2.05) is 0 Å². The van der Waals surface area contributed by atoms with Crippen molar-refractivity contribution in [3.63, 3.8) is 0 Å². The number of rotatable bonds is 7. The van der Waals surface area contributed by atoms with Gasteiger partial charge >= 0.3 is 0 Å². The van der Waals surface area contributed by atoms with Gasteiger partial charge in [-0.25, -0.2) is 8.42 Å². The second-order valence-corrected chi connectivity index (χ2v) is 9.85. The third kappa shape index (κ3) is 7.18. The summed E-state index contributed by atoms with van der Waals surface area (Å²) in [7, 11) is -2.83. The van der Waals surface area contributed by atoms with Crippen molar-refractivity contribution in [3.8, 4) is 0 Å². The Morgan fingerprint density at radius 1 is 1.21 bits per heavy atom. The van der Waals surface area contributed by atoms with Gasteiger partial charge < -0.3 is 10.6 Å². The SMILES string of the molecule is CCNC(=NCC1CCS(=O)(=O)C1)NCC1CCCN1Cc1ccccc1.I. The van der Waals surface area contributed by atoms with Crippen molar-refractivity contribution in [1.82, 2.24) is 15.5 Å². The second-order valence-electron chi connectivity index (χ2n) is 7.62. The lowest BCUT2D eigenvalue weighted by atomic mass is 10.1. The molecule has 2 N–H and O–H groups in total. The lowest BCUT2D eigenvalue weighted by Crippen LogP contribution is -2.45. The van der Waals surface area contributed by atoms with Crippen molar-refractivity contribution in [2.45, 2.75) is 38.8 Å². The first-order chi connectivity index (χ1) is 13.1. The van der Waals surface area contributed by atoms with Crippen LogP contribution in [0, 0.1) is 5.92 Å². The van der Waals surface area contributed by atoms with Gasteiger partial charge in [0.05, 0.1) is 11.5 Å². The maximum atomic E-state index is 11.6. The fourth-order valence-electron chi connectivity index (χ4n) is 3.95. The molecule has 0 radical (unpaired) electrons. The van der Waals surface area contributed by atoms with Crippen LogP contribution in [0.2, 0.25) is 0 Å². The zero-order chi connectivity index (χ0) is 19.1. The number of nitrogens with one attached hydrogen (secondary N) is 2. The molecule has 0 aromatic heterocycles. The Labute approximate surface area is 186 Å². The van der Waals surface area contributed by atoms with Crippen LogP contribution in [-0.4, -0.2) is 63.0 Å². The zero-order valence-corrected chi connectivity index (χ0v) is 19.8. The second kappa shape index (κ2) is 11.3. The summed E-state index contributed by atoms with van der Waals surface area (Å²) in [5.41, 5.74) is 1.35. The van der Waals surface area contributed by atoms with Crippen LogP contribution < -0.4 is 10.6 Å². The predicted octanol–water partition coefficient (Wildman–Crippen LogP) is 2.26. The van der Waals surface area contributed by atoms with Crippen LogP contribution in [0.4, 0.5) is 0 Å². The van der Waals surface area contributed by atoms with E-state index < -0.39 is 9.84 Å². The van der Waals surface area contributed by atoms with E-state index in [2.05, 4.69) is 57.8 Å². The van der Waals surface area contributed by atoms with Crippen molar-refractivity contribution in [1.29, 1.82) is 0 Å². The molecule has 1 aromatic rings. The fraction of sp³-hybridized carbons (Fsp3) is 0.650. The van der Waals surface area contributed by atoms with E-state index in [4.69, 9.17) is 0 Å². The van der Waals surface area contributed by atoms with E-state index in [9.17, 15) is 8.42 Å². The molecule has 2 unspecified atom stereocenters. The zero-order valence-electron chi connectivity index (χ0n) is 16.6. The third-order valence-corrected chi connectivity index (χ3v) is 7.25. The molecule has 0 bridgehead atoms. The Hall–Kier alpha value is -0.870. The summed E-state index contributed by atoms with van der Waals surface area (Å²) < 4.78 is 23.2. The minimum Gasteiger partial charge on any atom is -0.357 e. The molecule has 2 heterocycles. The van der Waals surface area contributed by atoms with Gasteiger partial charge in [-0.2, -0.15) is 0 Å². The van der Waals surface area contributed by atoms with Gasteiger partial charge in [0.1, 0.15) is 0 Å². The molecule has 2 aliphatic rings. The average Bonchev–Trinajstić information content (AvgIpc) is 3.24. The number of nitrogens with zero attached hydrogens (tertiary/aromatic N) is 2. The molecule has 2 fully saturated rings. The highest BCUT2D eigenvalue weighted by atomic mass is 127. The van der Waals surface area contributed by atoms with Gasteiger partial charge in [0, 0.05) is 32.2 Å². The average molecular weight is 520 g/mol. The van der Waals surface area contributed by atoms with E-state index in [1.165, 1.54) is 18.4 Å². The molecule has 0 amide bonds. The summed E-state index contributed by atoms with van der Waals surface area (Å²) in [6, 6.07) is 11.1. The van der Waals surface area contributed by atoms with Crippen LogP contribution in [0.15, 0.2) is 35.3 Å². The number of likely N-dealkylation sites (tertiary alicyclic amines) is 1. The maximum absolute atomic E-state index is 11.6. The smallest absolute Gasteiger partial charge is 0.191 e. The highest BCUT2D eigenvalue weighted by Crippen LogP contribution is 2.20. The molecule has 28 heavy (non-hydrogen) atoms. The molecule has 8 heteroatoms. The first-order valence-electron chi connectivity index (χ1n) is 10.1. The van der Waals surface area contributed by atoms with Crippen molar-refractivity contribution >= 4 is 39.8 Å². The topological polar surface area (TPSA) is 73.8 Å². The van der Waals surface area contributed by atoms with E-state index in [1.54, 1.807) is 0 Å². The minimum atomic E-state index is -2.83. The number of aliphatic imine (C=N–C) groups is 1. The van der Waals surface area contributed by atoms with Gasteiger partial charge in [0.25, 0.3) is 0 Å². The Bertz CT molecular complexity index is 727. The largest absolute Gasteiger partial charge is 0.357 e. The molecule has 2 aliphatic heterocycles. The van der Waals surface area contributed by atoms with E-state index in [-0.39, 0.29) is 35.6 Å². The molecule has 1 aromatic carbocycles. The molecular weight excluding hydrogens is 487 g/mol. The number of hydrogen-bond acceptors (Lipinski definition) is 4. The summed E-state index contributed by atoms with van der Waals surface area (Å²) in [5, 5.41) is 6.76. The van der Waals surface area contributed by atoms with Gasteiger partial charge in [-0.15, -0.1) is 24.0 Å². The molecule has 0 saturated carbocycles. The number of sulfone groups is 1. The fourth-order valence-corrected chi connectivity index (χ4v) is 5.79. The monoisotopic (exact) mass is 520 g/mol.